The van der Waals surface area contributed by atoms with Crippen molar-refractivity contribution in [2.24, 2.45) is 0 Å². The lowest BCUT2D eigenvalue weighted by Gasteiger charge is -2.28. The van der Waals surface area contributed by atoms with Gasteiger partial charge in [0, 0.05) is 18.1 Å². The summed E-state index contributed by atoms with van der Waals surface area (Å²) < 4.78 is 0. The van der Waals surface area contributed by atoms with Crippen LogP contribution in [0.4, 0.5) is 10.5 Å². The number of carbonyl (C=O) groups excluding carboxylic acids is 1. The third-order valence-corrected chi connectivity index (χ3v) is 3.49. The number of anilines is 1. The zero-order chi connectivity index (χ0) is 13.1. The van der Waals surface area contributed by atoms with Gasteiger partial charge in [-0.15, -0.1) is 0 Å². The number of carbonyl (C=O) groups is 1. The molecule has 1 aromatic carbocycles. The fourth-order valence-electron chi connectivity index (χ4n) is 1.81. The van der Waals surface area contributed by atoms with Crippen molar-refractivity contribution in [2.75, 3.05) is 18.4 Å². The minimum absolute atomic E-state index is 0.147. The summed E-state index contributed by atoms with van der Waals surface area (Å²) in [6.07, 6.45) is 1.72. The van der Waals surface area contributed by atoms with Crippen molar-refractivity contribution in [3.63, 3.8) is 0 Å². The molecule has 0 aliphatic carbocycles. The van der Waals surface area contributed by atoms with Gasteiger partial charge in [-0.2, -0.15) is 0 Å². The Morgan fingerprint density at radius 1 is 1.28 bits per heavy atom. The van der Waals surface area contributed by atoms with Crippen LogP contribution in [0.15, 0.2) is 30.4 Å². The van der Waals surface area contributed by atoms with Gasteiger partial charge in [-0.1, -0.05) is 35.4 Å². The molecule has 0 radical (unpaired) electrons. The molecule has 1 saturated heterocycles. The van der Waals surface area contributed by atoms with Crippen LogP contribution in [-0.4, -0.2) is 24.0 Å². The van der Waals surface area contributed by atoms with Crippen LogP contribution in [0.25, 0.3) is 0 Å². The maximum Gasteiger partial charge on any atom is 0.321 e. The Balaban J connectivity index is 2.02. The van der Waals surface area contributed by atoms with Gasteiger partial charge in [0.15, 0.2) is 0 Å². The van der Waals surface area contributed by atoms with Gasteiger partial charge in [0.05, 0.1) is 10.7 Å². The zero-order valence-electron chi connectivity index (χ0n) is 9.88. The molecule has 0 atom stereocenters. The smallest absolute Gasteiger partial charge is 0.321 e. The van der Waals surface area contributed by atoms with Crippen LogP contribution in [0.3, 0.4) is 0 Å². The van der Waals surface area contributed by atoms with Crippen LogP contribution in [0.1, 0.15) is 12.8 Å². The van der Waals surface area contributed by atoms with Crippen LogP contribution in [-0.2, 0) is 0 Å². The molecule has 2 rings (SSSR count). The molecule has 3 nitrogen and oxygen atoms in total. The molecule has 1 fully saturated rings. The summed E-state index contributed by atoms with van der Waals surface area (Å²) in [6, 6.07) is 4.85. The summed E-state index contributed by atoms with van der Waals surface area (Å²) in [5.41, 5.74) is 1.73. The predicted octanol–water partition coefficient (Wildman–Crippen LogP) is 4.18. The SMILES string of the molecule is C=C1CCN(C(=O)Nc2cc(Cl)ccc2Cl)CC1. The van der Waals surface area contributed by atoms with Crippen molar-refractivity contribution in [3.8, 4) is 0 Å². The molecule has 5 heteroatoms. The van der Waals surface area contributed by atoms with E-state index in [4.69, 9.17) is 23.2 Å². The van der Waals surface area contributed by atoms with Gasteiger partial charge in [0.1, 0.15) is 0 Å². The molecule has 0 aromatic heterocycles. The Hall–Kier alpha value is -1.19. The lowest BCUT2D eigenvalue weighted by Crippen LogP contribution is -2.39. The first-order chi connectivity index (χ1) is 8.56. The highest BCUT2D eigenvalue weighted by Crippen LogP contribution is 2.26. The molecular formula is C13H14Cl2N2O. The van der Waals surface area contributed by atoms with Gasteiger partial charge >= 0.3 is 6.03 Å². The Bertz CT molecular complexity index is 478. The Labute approximate surface area is 116 Å². The van der Waals surface area contributed by atoms with E-state index in [0.717, 1.165) is 12.8 Å². The molecular weight excluding hydrogens is 271 g/mol. The number of likely N-dealkylation sites (tertiary alicyclic amines) is 1. The number of nitrogens with one attached hydrogen (secondary N) is 1. The van der Waals surface area contributed by atoms with Crippen molar-refractivity contribution < 1.29 is 4.79 Å². The van der Waals surface area contributed by atoms with Crippen molar-refractivity contribution in [3.05, 3.63) is 40.4 Å². The summed E-state index contributed by atoms with van der Waals surface area (Å²) in [5, 5.41) is 3.80. The zero-order valence-corrected chi connectivity index (χ0v) is 11.4. The number of hydrogen-bond donors (Lipinski definition) is 1. The summed E-state index contributed by atoms with van der Waals surface area (Å²) in [4.78, 5) is 13.8. The van der Waals surface area contributed by atoms with E-state index in [1.165, 1.54) is 5.57 Å². The quantitative estimate of drug-likeness (QED) is 0.771. The second-order valence-electron chi connectivity index (χ2n) is 4.29. The number of rotatable bonds is 1. The monoisotopic (exact) mass is 284 g/mol. The fourth-order valence-corrected chi connectivity index (χ4v) is 2.15. The first kappa shape index (κ1) is 13.2. The standard InChI is InChI=1S/C13H14Cl2N2O/c1-9-4-6-17(7-5-9)13(18)16-12-8-10(14)2-3-11(12)15/h2-3,8H,1,4-7H2,(H,16,18). The average Bonchev–Trinajstić information content (AvgIpc) is 2.34. The molecule has 96 valence electrons. The maximum atomic E-state index is 12.0. The van der Waals surface area contributed by atoms with Gasteiger partial charge < -0.3 is 10.2 Å². The largest absolute Gasteiger partial charge is 0.324 e. The van der Waals surface area contributed by atoms with Crippen LogP contribution < -0.4 is 5.32 Å². The second kappa shape index (κ2) is 5.63. The van der Waals surface area contributed by atoms with Crippen LogP contribution in [0.5, 0.6) is 0 Å². The number of benzene rings is 1. The van der Waals surface area contributed by atoms with Crippen molar-refractivity contribution >= 4 is 34.9 Å². The summed E-state index contributed by atoms with van der Waals surface area (Å²) in [6.45, 7) is 5.32. The van der Waals surface area contributed by atoms with Crippen LogP contribution in [0, 0.1) is 0 Å². The molecule has 18 heavy (non-hydrogen) atoms. The van der Waals surface area contributed by atoms with Gasteiger partial charge in [0.2, 0.25) is 0 Å². The highest BCUT2D eigenvalue weighted by atomic mass is 35.5. The molecule has 1 aliphatic heterocycles. The van der Waals surface area contributed by atoms with Crippen molar-refractivity contribution in [1.82, 2.24) is 4.90 Å². The topological polar surface area (TPSA) is 32.3 Å². The number of hydrogen-bond acceptors (Lipinski definition) is 1. The Morgan fingerprint density at radius 2 is 1.94 bits per heavy atom. The number of amides is 2. The maximum absolute atomic E-state index is 12.0. The molecule has 1 aliphatic rings. The lowest BCUT2D eigenvalue weighted by molar-refractivity contribution is 0.207. The molecule has 0 bridgehead atoms. The van der Waals surface area contributed by atoms with Gasteiger partial charge in [-0.3, -0.25) is 0 Å². The van der Waals surface area contributed by atoms with E-state index in [2.05, 4.69) is 11.9 Å². The Kier molecular flexibility index (Phi) is 4.15. The highest BCUT2D eigenvalue weighted by molar-refractivity contribution is 6.35. The molecule has 0 spiro atoms. The van der Waals surface area contributed by atoms with Crippen LogP contribution >= 0.6 is 23.2 Å². The van der Waals surface area contributed by atoms with E-state index in [-0.39, 0.29) is 6.03 Å². The van der Waals surface area contributed by atoms with E-state index >= 15 is 0 Å². The van der Waals surface area contributed by atoms with Crippen LogP contribution in [0.2, 0.25) is 10.0 Å². The van der Waals surface area contributed by atoms with E-state index < -0.39 is 0 Å². The van der Waals surface area contributed by atoms with Gasteiger partial charge in [-0.25, -0.2) is 4.79 Å². The first-order valence-corrected chi connectivity index (χ1v) is 6.49. The highest BCUT2D eigenvalue weighted by Gasteiger charge is 2.18. The lowest BCUT2D eigenvalue weighted by atomic mass is 10.1. The summed E-state index contributed by atoms with van der Waals surface area (Å²) in [5.74, 6) is 0. The average molecular weight is 285 g/mol. The molecule has 1 aromatic rings. The number of halogens is 2. The number of nitrogens with zero attached hydrogens (tertiary/aromatic N) is 1. The fraction of sp³-hybridized carbons (Fsp3) is 0.308. The third kappa shape index (κ3) is 3.18. The number of urea groups is 1. The second-order valence-corrected chi connectivity index (χ2v) is 5.14. The van der Waals surface area contributed by atoms with Crippen molar-refractivity contribution in [2.45, 2.75) is 12.8 Å². The molecule has 1 heterocycles. The summed E-state index contributed by atoms with van der Waals surface area (Å²) in [7, 11) is 0. The third-order valence-electron chi connectivity index (χ3n) is 2.93. The molecule has 1 N–H and O–H groups in total. The molecule has 0 saturated carbocycles. The number of piperidine rings is 1. The predicted molar refractivity (Wildman–Crippen MR) is 75.4 cm³/mol. The molecule has 2 amide bonds. The van der Waals surface area contributed by atoms with E-state index in [1.807, 2.05) is 0 Å². The molecule has 0 unspecified atom stereocenters. The van der Waals surface area contributed by atoms with E-state index in [9.17, 15) is 4.79 Å². The van der Waals surface area contributed by atoms with Crippen molar-refractivity contribution in [1.29, 1.82) is 0 Å². The van der Waals surface area contributed by atoms with Gasteiger partial charge in [-0.05, 0) is 31.0 Å². The van der Waals surface area contributed by atoms with Gasteiger partial charge in [0.25, 0.3) is 0 Å². The van der Waals surface area contributed by atoms with E-state index in [1.54, 1.807) is 23.1 Å². The van der Waals surface area contributed by atoms with E-state index in [0.29, 0.717) is 28.8 Å². The Morgan fingerprint density at radius 3 is 2.61 bits per heavy atom. The minimum Gasteiger partial charge on any atom is -0.324 e. The normalized spacial score (nSPS) is 15.7. The summed E-state index contributed by atoms with van der Waals surface area (Å²) >= 11 is 11.9. The minimum atomic E-state index is -0.147. The first-order valence-electron chi connectivity index (χ1n) is 5.74.